The summed E-state index contributed by atoms with van der Waals surface area (Å²) in [4.78, 5) is 25.6. The molecule has 0 aromatic carbocycles. The van der Waals surface area contributed by atoms with Crippen LogP contribution in [0.1, 0.15) is 123 Å². The van der Waals surface area contributed by atoms with E-state index in [0.717, 1.165) is 0 Å². The predicted molar refractivity (Wildman–Crippen MR) is 278 cm³/mol. The zero-order valence-electron chi connectivity index (χ0n) is 44.7. The Morgan fingerprint density at radius 2 is 0.944 bits per heavy atom. The highest BCUT2D eigenvalue weighted by Gasteiger charge is 2.64. The predicted octanol–water partition coefficient (Wildman–Crippen LogP) is 7.26. The van der Waals surface area contributed by atoms with E-state index < -0.39 is 83.3 Å². The number of hydrogen-bond donors (Lipinski definition) is 4. The van der Waals surface area contributed by atoms with Gasteiger partial charge in [0.1, 0.15) is 60.3 Å². The van der Waals surface area contributed by atoms with Gasteiger partial charge in [-0.1, -0.05) is 111 Å². The fourth-order valence-corrected chi connectivity index (χ4v) is 33.6. The maximum absolute atomic E-state index is 11.5. The largest absolute Gasteiger partial charge is 0.414 e. The van der Waals surface area contributed by atoms with E-state index in [1.54, 1.807) is 17.2 Å². The van der Waals surface area contributed by atoms with Gasteiger partial charge in [-0.3, -0.25) is 9.13 Å². The number of nitrogens with zero attached hydrogens (tertiary/aromatic N) is 8. The number of aliphatic hydroxyl groups excluding tert-OH is 2. The lowest BCUT2D eigenvalue weighted by Crippen LogP contribution is -2.66. The number of imidazole rings is 2. The molecule has 71 heavy (non-hydrogen) atoms. The van der Waals surface area contributed by atoms with E-state index in [9.17, 15) is 10.2 Å². The average Bonchev–Trinajstić information content (AvgIpc) is 4.06. The zero-order chi connectivity index (χ0) is 52.1. The van der Waals surface area contributed by atoms with E-state index in [1.165, 1.54) is 12.7 Å². The summed E-state index contributed by atoms with van der Waals surface area (Å²) in [6.45, 7) is 35.5. The Hall–Kier alpha value is -2.87. The number of hydrogen-bond acceptors (Lipinski definition) is 19. The molecular formula is C46H82N10O11Si4. The summed E-state index contributed by atoms with van der Waals surface area (Å²) in [5, 5.41) is 21.1. The summed E-state index contributed by atoms with van der Waals surface area (Å²) in [6.07, 6.45) is 1.26. The van der Waals surface area contributed by atoms with Crippen molar-refractivity contribution in [1.82, 2.24) is 39.0 Å². The highest BCUT2D eigenvalue weighted by molar-refractivity contribution is 6.84. The summed E-state index contributed by atoms with van der Waals surface area (Å²) in [5.41, 5.74) is 15.6. The van der Waals surface area contributed by atoms with Crippen LogP contribution in [0.2, 0.25) is 44.3 Å². The molecule has 21 nitrogen and oxygen atoms in total. The number of nitrogen functional groups attached to an aromatic ring is 2. The molecule has 0 spiro atoms. The number of anilines is 2. The van der Waals surface area contributed by atoms with Gasteiger partial charge in [0, 0.05) is 0 Å². The van der Waals surface area contributed by atoms with Crippen LogP contribution in [0.25, 0.3) is 22.3 Å². The molecule has 4 aromatic heterocycles. The number of aliphatic hydroxyl groups is 2. The number of nitrogens with two attached hydrogens (primary N) is 2. The molecule has 0 amide bonds. The van der Waals surface area contributed by atoms with Crippen LogP contribution in [-0.2, 0) is 40.1 Å². The highest BCUT2D eigenvalue weighted by atomic mass is 28.5. The van der Waals surface area contributed by atoms with Crippen LogP contribution in [0.3, 0.4) is 0 Å². The molecule has 4 fully saturated rings. The standard InChI is InChI=1S/C24H43N5O6Si2.C22H39N5O5Si2/c1-14(2)36(15(3)4)32-11-18-20(34-37(35-36,16(5)6)17(7)8)21(31-10-9-30)24(33-18)29-13-28-19-22(25)26-12-27-23(19)29;1-12(2)33(13(3)4)29-9-16-19(31-34(32-33,14(5)6)15(7)8)18(28)22(30-16)27-11-26-17-20(23)24-10-25-21(17)27/h12-18,20-21,24,30H,9-11H2,1-8H3,(H2,25,26,27);10-16,18-19,22,28H,9H2,1-8H3,(H2,23,24,25)/t18-,20-,21-,24-;16-,18-,19-,22-/m11/s1. The number of rotatable bonds is 13. The lowest BCUT2D eigenvalue weighted by Gasteiger charge is -2.51. The molecule has 0 unspecified atom stereocenters. The van der Waals surface area contributed by atoms with Gasteiger partial charge in [-0.25, -0.2) is 29.9 Å². The Bertz CT molecular complexity index is 2380. The molecule has 398 valence electrons. The molecule has 25 heteroatoms. The number of aromatic nitrogens is 8. The molecule has 4 aliphatic rings. The first-order valence-electron chi connectivity index (χ1n) is 25.5. The van der Waals surface area contributed by atoms with Crippen molar-refractivity contribution in [3.8, 4) is 0 Å². The van der Waals surface area contributed by atoms with E-state index in [2.05, 4.69) is 141 Å². The number of ether oxygens (including phenoxy) is 3. The molecule has 4 aliphatic heterocycles. The molecule has 8 rings (SSSR count). The van der Waals surface area contributed by atoms with Crippen molar-refractivity contribution >= 4 is 68.2 Å². The Morgan fingerprint density at radius 1 is 0.563 bits per heavy atom. The van der Waals surface area contributed by atoms with Crippen molar-refractivity contribution in [1.29, 1.82) is 0 Å². The lowest BCUT2D eigenvalue weighted by atomic mass is 10.1. The molecule has 0 bridgehead atoms. The third kappa shape index (κ3) is 9.95. The molecule has 0 aliphatic carbocycles. The van der Waals surface area contributed by atoms with Crippen molar-refractivity contribution in [2.24, 2.45) is 0 Å². The molecule has 0 radical (unpaired) electrons. The smallest absolute Gasteiger partial charge is 0.335 e. The van der Waals surface area contributed by atoms with Crippen LogP contribution >= 0.6 is 0 Å². The van der Waals surface area contributed by atoms with Gasteiger partial charge in [0.2, 0.25) is 0 Å². The minimum atomic E-state index is -2.88. The fourth-order valence-electron chi connectivity index (χ4n) is 11.2. The van der Waals surface area contributed by atoms with Crippen molar-refractivity contribution in [3.63, 3.8) is 0 Å². The van der Waals surface area contributed by atoms with Gasteiger partial charge in [-0.15, -0.1) is 0 Å². The second-order valence-corrected chi connectivity index (χ2v) is 39.7. The van der Waals surface area contributed by atoms with Gasteiger partial charge < -0.3 is 61.8 Å². The minimum Gasteiger partial charge on any atom is -0.414 e. The lowest BCUT2D eigenvalue weighted by molar-refractivity contribution is -0.0747. The summed E-state index contributed by atoms with van der Waals surface area (Å²) < 4.78 is 65.1. The maximum atomic E-state index is 11.5. The van der Waals surface area contributed by atoms with Crippen LogP contribution in [-0.4, -0.2) is 147 Å². The van der Waals surface area contributed by atoms with Gasteiger partial charge in [0.25, 0.3) is 0 Å². The maximum Gasteiger partial charge on any atom is 0.335 e. The van der Waals surface area contributed by atoms with E-state index in [4.69, 9.17) is 51.6 Å². The molecule has 8 atom stereocenters. The van der Waals surface area contributed by atoms with Gasteiger partial charge in [0.05, 0.1) is 39.1 Å². The van der Waals surface area contributed by atoms with Gasteiger partial charge >= 0.3 is 34.2 Å². The van der Waals surface area contributed by atoms with E-state index in [0.29, 0.717) is 41.4 Å². The van der Waals surface area contributed by atoms with Gasteiger partial charge in [-0.05, 0) is 44.3 Å². The van der Waals surface area contributed by atoms with Crippen LogP contribution in [0.15, 0.2) is 25.3 Å². The molecule has 4 saturated heterocycles. The second-order valence-electron chi connectivity index (χ2n) is 22.0. The molecular weight excluding hydrogens is 981 g/mol. The van der Waals surface area contributed by atoms with Crippen LogP contribution < -0.4 is 11.5 Å². The SMILES string of the molecule is CC(C)[Si]1(C(C)C)OC[C@H]2O[C@@H](n3cnc4c(N)ncnc43)[C@H](O)[C@@H]2O[Si](C(C)C)(C(C)C)O1.CC(C)[Si]1(C(C)C)OC[C@H]2O[C@@H](n3cnc4c(N)ncnc43)[C@H](OCCO)[C@@H]2O[Si](C(C)C)(C(C)C)O1. The summed E-state index contributed by atoms with van der Waals surface area (Å²) in [5.74, 6) is 0.579. The van der Waals surface area contributed by atoms with Crippen molar-refractivity contribution in [2.45, 2.75) is 204 Å². The fraction of sp³-hybridized carbons (Fsp3) is 0.783. The summed E-state index contributed by atoms with van der Waals surface area (Å²) in [6, 6.07) is 0. The molecule has 4 aromatic rings. The van der Waals surface area contributed by atoms with E-state index >= 15 is 0 Å². The normalized spacial score (nSPS) is 28.5. The minimum absolute atomic E-state index is 0.124. The third-order valence-corrected chi connectivity index (χ3v) is 35.5. The highest BCUT2D eigenvalue weighted by Crippen LogP contribution is 2.51. The zero-order valence-corrected chi connectivity index (χ0v) is 48.7. The van der Waals surface area contributed by atoms with Gasteiger partial charge in [-0.2, -0.15) is 0 Å². The molecule has 6 N–H and O–H groups in total. The van der Waals surface area contributed by atoms with Crippen LogP contribution in [0.4, 0.5) is 11.6 Å². The Balaban J connectivity index is 0.000000209. The first kappa shape index (κ1) is 55.9. The van der Waals surface area contributed by atoms with E-state index in [1.807, 2.05) is 4.57 Å². The van der Waals surface area contributed by atoms with Crippen molar-refractivity contribution < 1.29 is 50.4 Å². The average molecular weight is 1060 g/mol. The van der Waals surface area contributed by atoms with Gasteiger partial charge in [0.15, 0.2) is 35.4 Å². The monoisotopic (exact) mass is 1060 g/mol. The second kappa shape index (κ2) is 21.8. The van der Waals surface area contributed by atoms with Crippen LogP contribution in [0, 0.1) is 0 Å². The van der Waals surface area contributed by atoms with Crippen molar-refractivity contribution in [3.05, 3.63) is 25.3 Å². The first-order valence-corrected chi connectivity index (χ1v) is 33.4. The first-order chi connectivity index (χ1) is 33.4. The topological polar surface area (TPSA) is 263 Å². The molecule has 8 heterocycles. The molecule has 0 saturated carbocycles. The summed E-state index contributed by atoms with van der Waals surface area (Å²) >= 11 is 0. The number of fused-ring (bicyclic) bond motifs is 4. The third-order valence-electron chi connectivity index (χ3n) is 15.0. The van der Waals surface area contributed by atoms with Crippen LogP contribution in [0.5, 0.6) is 0 Å². The Kier molecular flexibility index (Phi) is 17.1. The van der Waals surface area contributed by atoms with E-state index in [-0.39, 0.29) is 63.4 Å². The Labute approximate surface area is 423 Å². The Morgan fingerprint density at radius 3 is 1.35 bits per heavy atom. The quantitative estimate of drug-likeness (QED) is 0.0960. The van der Waals surface area contributed by atoms with Crippen molar-refractivity contribution in [2.75, 3.05) is 37.9 Å². The summed E-state index contributed by atoms with van der Waals surface area (Å²) in [7, 11) is -11.1.